The molecule has 12 N–H and O–H groups in total. The number of anilines is 4. The SMILES string of the molecule is Cc1cc(NC(C)C2CC2)ncc1-c1sc(C(=O)NCC(C)(C)O)nc1C(=O)N1CCC[C@@H]1C.Cc1cc(N[C@@H](C)C(C)(C)C)ncc1-c1sc(C(=O)NCC(C)(C)O)nc1C(=O)N1CCC[C@@H]1C.Cc1cc(N[C@@H](C)C(C)C)ncc1-c1sc(C(=O)NCC(C)(C)O)nc1C(=O)N1CCC[C@@H]1C.Cc1cc(N[C@H](C)C2CC2)ncc1-c1sc(C(=O)NCC(C)(C)O)nc1C(=O)N1CCC[C@@H]1C. The summed E-state index contributed by atoms with van der Waals surface area (Å²) in [7, 11) is 0. The van der Waals surface area contributed by atoms with E-state index >= 15 is 0 Å². The minimum absolute atomic E-state index is 0.0728. The van der Waals surface area contributed by atoms with Gasteiger partial charge in [-0.15, -0.1) is 45.3 Å². The number of aryl methyl sites for hydroxylation is 4. The zero-order valence-corrected chi connectivity index (χ0v) is 87.9. The molecule has 8 aromatic heterocycles. The fourth-order valence-corrected chi connectivity index (χ4v) is 20.4. The van der Waals surface area contributed by atoms with Crippen LogP contribution in [0.4, 0.5) is 23.3 Å². The molecule has 6 aliphatic rings. The molecule has 2 saturated carbocycles. The van der Waals surface area contributed by atoms with Crippen LogP contribution in [-0.4, -0.2) is 250 Å². The second kappa shape index (κ2) is 45.0. The van der Waals surface area contributed by atoms with Gasteiger partial charge in [0.05, 0.1) is 41.9 Å². The number of nitrogens with one attached hydrogen (secondary N) is 8. The first-order valence-corrected chi connectivity index (χ1v) is 51.6. The molecule has 8 amide bonds. The van der Waals surface area contributed by atoms with Crippen molar-refractivity contribution in [1.82, 2.24) is 80.7 Å². The van der Waals surface area contributed by atoms with Gasteiger partial charge in [0, 0.05) is 148 Å². The zero-order valence-electron chi connectivity index (χ0n) is 84.7. The lowest BCUT2D eigenvalue weighted by atomic mass is 9.88. The summed E-state index contributed by atoms with van der Waals surface area (Å²) < 4.78 is 0. The summed E-state index contributed by atoms with van der Waals surface area (Å²) in [4.78, 5) is 152. The smallest absolute Gasteiger partial charge is 0.280 e. The highest BCUT2D eigenvalue weighted by Gasteiger charge is 2.40. The molecule has 0 spiro atoms. The van der Waals surface area contributed by atoms with E-state index in [9.17, 15) is 58.8 Å². The summed E-state index contributed by atoms with van der Waals surface area (Å²) in [6, 6.07) is 9.71. The Labute approximate surface area is 823 Å². The van der Waals surface area contributed by atoms with E-state index in [-0.39, 0.29) is 123 Å². The second-order valence-corrected chi connectivity index (χ2v) is 46.2. The van der Waals surface area contributed by atoms with Crippen molar-refractivity contribution >= 4 is 116 Å². The van der Waals surface area contributed by atoms with Crippen LogP contribution in [-0.2, 0) is 0 Å². The van der Waals surface area contributed by atoms with Crippen LogP contribution in [0.15, 0.2) is 49.1 Å². The Balaban J connectivity index is 0.000000175. The molecular formula is C101H146N20O12S4. The van der Waals surface area contributed by atoms with Crippen LogP contribution in [0.2, 0.25) is 0 Å². The normalized spacial score (nSPS) is 18.3. The summed E-state index contributed by atoms with van der Waals surface area (Å²) in [6.07, 6.45) is 19.7. The van der Waals surface area contributed by atoms with Gasteiger partial charge in [-0.3, -0.25) is 38.4 Å². The number of carbonyl (C=O) groups excluding carboxylic acids is 8. The number of pyridine rings is 4. The molecule has 2 aliphatic carbocycles. The number of aliphatic hydroxyl groups is 4. The molecule has 0 radical (unpaired) electrons. The third-order valence-electron chi connectivity index (χ3n) is 25.9. The van der Waals surface area contributed by atoms with E-state index in [1.807, 2.05) is 99.3 Å². The van der Waals surface area contributed by atoms with Gasteiger partial charge in [-0.05, 0) is 285 Å². The molecule has 746 valence electrons. The van der Waals surface area contributed by atoms with E-state index in [2.05, 4.69) is 145 Å². The van der Waals surface area contributed by atoms with Crippen LogP contribution in [0, 0.1) is 50.9 Å². The molecule has 4 saturated heterocycles. The zero-order chi connectivity index (χ0) is 101. The lowest BCUT2D eigenvalue weighted by Gasteiger charge is -2.28. The molecule has 0 bridgehead atoms. The van der Waals surface area contributed by atoms with Gasteiger partial charge in [0.2, 0.25) is 0 Å². The monoisotopic (exact) mass is 1960 g/mol. The van der Waals surface area contributed by atoms with Crippen molar-refractivity contribution in [1.29, 1.82) is 0 Å². The largest absolute Gasteiger partial charge is 0.389 e. The summed E-state index contributed by atoms with van der Waals surface area (Å²) >= 11 is 4.76. The second-order valence-electron chi connectivity index (χ2n) is 42.2. The van der Waals surface area contributed by atoms with Crippen molar-refractivity contribution in [3.63, 3.8) is 0 Å². The Kier molecular flexibility index (Phi) is 35.3. The molecule has 0 aromatic carbocycles. The maximum absolute atomic E-state index is 13.5. The molecule has 8 atom stereocenters. The van der Waals surface area contributed by atoms with Gasteiger partial charge in [0.1, 0.15) is 46.0 Å². The van der Waals surface area contributed by atoms with E-state index in [0.717, 1.165) is 119 Å². The van der Waals surface area contributed by atoms with Crippen molar-refractivity contribution in [3.05, 3.63) is 114 Å². The number of hydrogen-bond acceptors (Lipinski definition) is 28. The number of thiazole rings is 4. The number of carbonyl (C=O) groups is 8. The molecule has 1 unspecified atom stereocenters. The first kappa shape index (κ1) is 107. The van der Waals surface area contributed by atoms with Gasteiger partial charge >= 0.3 is 0 Å². The van der Waals surface area contributed by atoms with Crippen LogP contribution in [0.1, 0.15) is 326 Å². The summed E-state index contributed by atoms with van der Waals surface area (Å²) in [6.45, 7) is 51.6. The lowest BCUT2D eigenvalue weighted by Crippen LogP contribution is -2.38. The molecule has 32 nitrogen and oxygen atoms in total. The van der Waals surface area contributed by atoms with Crippen LogP contribution in [0.5, 0.6) is 0 Å². The first-order chi connectivity index (χ1) is 64.1. The van der Waals surface area contributed by atoms with Crippen LogP contribution >= 0.6 is 45.3 Å². The van der Waals surface area contributed by atoms with E-state index in [4.69, 9.17) is 0 Å². The van der Waals surface area contributed by atoms with Crippen LogP contribution in [0.25, 0.3) is 41.8 Å². The Hall–Kier alpha value is -10.1. The Morgan fingerprint density at radius 3 is 0.774 bits per heavy atom. The van der Waals surface area contributed by atoms with Gasteiger partial charge < -0.3 is 82.6 Å². The first-order valence-electron chi connectivity index (χ1n) is 48.3. The van der Waals surface area contributed by atoms with Crippen molar-refractivity contribution in [2.75, 3.05) is 73.6 Å². The Morgan fingerprint density at radius 2 is 0.584 bits per heavy atom. The molecule has 12 heterocycles. The number of amides is 8. The van der Waals surface area contributed by atoms with Crippen LogP contribution in [0.3, 0.4) is 0 Å². The molecule has 4 aliphatic heterocycles. The van der Waals surface area contributed by atoms with E-state index in [1.54, 1.807) is 80.2 Å². The van der Waals surface area contributed by atoms with Crippen molar-refractivity contribution in [3.8, 4) is 41.8 Å². The fourth-order valence-electron chi connectivity index (χ4n) is 16.2. The molecule has 8 aromatic rings. The minimum Gasteiger partial charge on any atom is -0.389 e. The van der Waals surface area contributed by atoms with Crippen molar-refractivity contribution in [2.24, 2.45) is 23.2 Å². The molecular weight excluding hydrogens is 1810 g/mol. The number of aromatic nitrogens is 8. The van der Waals surface area contributed by atoms with Crippen molar-refractivity contribution < 1.29 is 58.8 Å². The maximum atomic E-state index is 13.5. The maximum Gasteiger partial charge on any atom is 0.280 e. The quantitative estimate of drug-likeness (QED) is 0.0192. The van der Waals surface area contributed by atoms with E-state index < -0.39 is 46.0 Å². The summed E-state index contributed by atoms with van der Waals surface area (Å²) in [5, 5.41) is 65.4. The molecule has 36 heteroatoms. The average Bonchev–Trinajstić information content (AvgIpc) is 1.65. The van der Waals surface area contributed by atoms with Gasteiger partial charge in [0.25, 0.3) is 47.3 Å². The number of hydrogen-bond donors (Lipinski definition) is 12. The predicted octanol–water partition coefficient (Wildman–Crippen LogP) is 16.3. The van der Waals surface area contributed by atoms with Gasteiger partial charge in [-0.1, -0.05) is 34.6 Å². The van der Waals surface area contributed by atoms with Gasteiger partial charge in [0.15, 0.2) is 20.0 Å². The van der Waals surface area contributed by atoms with Gasteiger partial charge in [-0.25, -0.2) is 39.9 Å². The Bertz CT molecular complexity index is 5240. The van der Waals surface area contributed by atoms with Gasteiger partial charge in [-0.2, -0.15) is 0 Å². The lowest BCUT2D eigenvalue weighted by molar-refractivity contribution is 0.0692. The molecule has 14 rings (SSSR count). The fraction of sp³-hybridized carbons (Fsp3) is 0.604. The highest BCUT2D eigenvalue weighted by atomic mass is 32.1. The summed E-state index contributed by atoms with van der Waals surface area (Å²) in [5.41, 5.74) is 4.07. The average molecular weight is 1960 g/mol. The topological polar surface area (TPSA) is 430 Å². The van der Waals surface area contributed by atoms with Crippen LogP contribution < -0.4 is 42.5 Å². The predicted molar refractivity (Wildman–Crippen MR) is 546 cm³/mol. The third kappa shape index (κ3) is 29.1. The highest BCUT2D eigenvalue weighted by Crippen LogP contribution is 2.43. The molecule has 6 fully saturated rings. The minimum atomic E-state index is -1.05. The standard InChI is InChI=1S/C26H39N5O3S.2C25H35N5O3S.C25H37N5O3S/c1-15-12-19(29-17(3)25(4,5)6)27-13-18(15)21-20(24(33)31-11-9-10-16(31)2)30-23(35-21)22(32)28-14-26(7,8)34;2*1-14-11-19(28-16(3)17-8-9-17)26-12-18(14)21-20(24(32)30-10-6-7-15(30)2)29-23(34-21)22(31)27-13-25(4,5)33;1-14(2)17(5)28-19-11-15(3)18(12-26-19)21-20(24(32)30-10-8-9-16(30)4)29-23(34-21)22(31)27-13-25(6,7)33/h12-13,16-17,34H,9-11,14H2,1-8H3,(H,27,29)(H,28,32);2*11-12,15-17,33H,6-10,13H2,1-5H3,(H,26,28)(H,27,31);11-12,14,16-17,33H,8-10,13H2,1-7H3,(H,26,28)(H,27,31)/t16-,17-;15-,16?;15-,16+;16-,17-/m0000/s1. The van der Waals surface area contributed by atoms with E-state index in [0.29, 0.717) is 86.9 Å². The molecule has 137 heavy (non-hydrogen) atoms. The number of nitrogens with zero attached hydrogens (tertiary/aromatic N) is 12. The number of likely N-dealkylation sites (tertiary alicyclic amines) is 4. The van der Waals surface area contributed by atoms with E-state index in [1.165, 1.54) is 71.0 Å². The Morgan fingerprint density at radius 1 is 0.358 bits per heavy atom. The van der Waals surface area contributed by atoms with Crippen molar-refractivity contribution in [2.45, 2.75) is 321 Å². The number of rotatable bonds is 31. The third-order valence-corrected chi connectivity index (χ3v) is 30.3. The highest BCUT2D eigenvalue weighted by molar-refractivity contribution is 7.18. The summed E-state index contributed by atoms with van der Waals surface area (Å²) in [5.74, 6) is 2.81.